The van der Waals surface area contributed by atoms with Gasteiger partial charge in [0.25, 0.3) is 0 Å². The molecule has 0 saturated heterocycles. The summed E-state index contributed by atoms with van der Waals surface area (Å²) >= 11 is 0. The van der Waals surface area contributed by atoms with Gasteiger partial charge in [-0.25, -0.2) is 13.0 Å². The van der Waals surface area contributed by atoms with E-state index in [0.29, 0.717) is 24.5 Å². The molecule has 0 unspecified atom stereocenters. The number of hydrogen-bond donors (Lipinski definition) is 3. The highest BCUT2D eigenvalue weighted by molar-refractivity contribution is 8.27. The van der Waals surface area contributed by atoms with E-state index in [1.807, 2.05) is 31.3 Å². The Morgan fingerprint density at radius 3 is 2.42 bits per heavy atom. The number of para-hydroxylation sites is 2. The maximum absolute atomic E-state index is 14.5. The highest BCUT2D eigenvalue weighted by Crippen LogP contribution is 2.64. The van der Waals surface area contributed by atoms with E-state index in [1.54, 1.807) is 31.2 Å². The summed E-state index contributed by atoms with van der Waals surface area (Å²) in [6, 6.07) is 11.9. The molecule has 8 heteroatoms. The minimum atomic E-state index is -3.41. The second-order valence-electron chi connectivity index (χ2n) is 5.82. The van der Waals surface area contributed by atoms with Crippen molar-refractivity contribution in [1.82, 2.24) is 5.32 Å². The molecule has 2 aromatic rings. The van der Waals surface area contributed by atoms with Crippen molar-refractivity contribution in [3.05, 3.63) is 66.0 Å². The molecule has 0 amide bonds. The van der Waals surface area contributed by atoms with Gasteiger partial charge >= 0.3 is 0 Å². The Morgan fingerprint density at radius 2 is 1.77 bits per heavy atom. The van der Waals surface area contributed by atoms with E-state index in [1.165, 1.54) is 14.7 Å². The van der Waals surface area contributed by atoms with Crippen molar-refractivity contribution in [2.75, 3.05) is 28.7 Å². The molecule has 1 aliphatic rings. The molecule has 0 radical (unpaired) electrons. The lowest BCUT2D eigenvalue weighted by Crippen LogP contribution is -2.31. The summed E-state index contributed by atoms with van der Waals surface area (Å²) in [6.07, 6.45) is 3.77. The fraction of sp³-hybridized carbons (Fsp3) is 0.222. The Morgan fingerprint density at radius 1 is 1.08 bits per heavy atom. The quantitative estimate of drug-likeness (QED) is 0.626. The van der Waals surface area contributed by atoms with Gasteiger partial charge in [0.05, 0.1) is 17.9 Å². The molecule has 0 aliphatic carbocycles. The largest absolute Gasteiger partial charge is 0.316 e. The van der Waals surface area contributed by atoms with Crippen molar-refractivity contribution < 1.29 is 13.5 Å². The third kappa shape index (κ3) is 3.67. The Labute approximate surface area is 161 Å². The van der Waals surface area contributed by atoms with Gasteiger partial charge in [0.2, 0.25) is 0 Å². The first-order valence-electron chi connectivity index (χ1n) is 7.98. The topological polar surface area (TPSA) is 59.0 Å². The van der Waals surface area contributed by atoms with Gasteiger partial charge in [0.1, 0.15) is 11.5 Å². The lowest BCUT2D eigenvalue weighted by Gasteiger charge is -2.43. The molecule has 0 bridgehead atoms. The molecule has 142 valence electrons. The number of benzene rings is 2. The van der Waals surface area contributed by atoms with Crippen LogP contribution < -0.4 is 13.9 Å². The molecule has 0 fully saturated rings. The molecule has 0 saturated carbocycles. The average Bonchev–Trinajstić information content (AvgIpc) is 2.79. The molecule has 2 aromatic carbocycles. The molecular formula is C18H23ClFN3O2S. The first-order valence-corrected chi connectivity index (χ1v) is 9.44. The highest BCUT2D eigenvalue weighted by atomic mass is 35.5. The normalized spacial score (nSPS) is 16.5. The molecule has 1 aliphatic heterocycles. The third-order valence-electron chi connectivity index (χ3n) is 3.99. The number of nitrogens with zero attached hydrogens (tertiary/aromatic N) is 2. The molecule has 0 atom stereocenters. The number of nitrogens with one attached hydrogen (secondary N) is 1. The van der Waals surface area contributed by atoms with Crippen LogP contribution >= 0.6 is 23.4 Å². The SMILES string of the molecule is CNC/C=C\CN1c2ccccc2N(c2ccc(C)cc2F)S1(O)O.Cl. The van der Waals surface area contributed by atoms with Crippen LogP contribution in [0.1, 0.15) is 5.56 Å². The van der Waals surface area contributed by atoms with Crippen LogP contribution in [0.4, 0.5) is 21.5 Å². The van der Waals surface area contributed by atoms with Gasteiger partial charge in [-0.15, -0.1) is 12.4 Å². The van der Waals surface area contributed by atoms with Crippen LogP contribution in [0, 0.1) is 12.7 Å². The van der Waals surface area contributed by atoms with Gasteiger partial charge in [-0.1, -0.05) is 30.4 Å². The average molecular weight is 400 g/mol. The Hall–Kier alpha value is -1.77. The van der Waals surface area contributed by atoms with Crippen LogP contribution in [0.3, 0.4) is 0 Å². The van der Waals surface area contributed by atoms with Crippen LogP contribution in [-0.2, 0) is 0 Å². The number of likely N-dealkylation sites (N-methyl/N-ethyl adjacent to an activating group) is 1. The molecule has 3 rings (SSSR count). The van der Waals surface area contributed by atoms with Gasteiger partial charge in [0.15, 0.2) is 0 Å². The van der Waals surface area contributed by atoms with Gasteiger partial charge in [-0.2, -0.15) is 0 Å². The zero-order valence-electron chi connectivity index (χ0n) is 14.6. The lowest BCUT2D eigenvalue weighted by atomic mass is 10.2. The summed E-state index contributed by atoms with van der Waals surface area (Å²) in [4.78, 5) is 0. The molecule has 0 spiro atoms. The molecule has 26 heavy (non-hydrogen) atoms. The van der Waals surface area contributed by atoms with E-state index in [0.717, 1.165) is 5.56 Å². The van der Waals surface area contributed by atoms with Crippen molar-refractivity contribution in [2.24, 2.45) is 0 Å². The van der Waals surface area contributed by atoms with Crippen LogP contribution in [0.25, 0.3) is 0 Å². The second-order valence-corrected chi connectivity index (χ2v) is 7.60. The van der Waals surface area contributed by atoms with Crippen LogP contribution in [-0.4, -0.2) is 29.2 Å². The van der Waals surface area contributed by atoms with E-state index in [-0.39, 0.29) is 18.1 Å². The van der Waals surface area contributed by atoms with Gasteiger partial charge < -0.3 is 5.32 Å². The predicted octanol–water partition coefficient (Wildman–Crippen LogP) is 4.87. The van der Waals surface area contributed by atoms with Gasteiger partial charge in [-0.05, 0) is 54.8 Å². The zero-order valence-corrected chi connectivity index (χ0v) is 16.2. The smallest absolute Gasteiger partial charge is 0.148 e. The number of hydrogen-bond acceptors (Lipinski definition) is 5. The predicted molar refractivity (Wildman–Crippen MR) is 110 cm³/mol. The fourth-order valence-corrected chi connectivity index (χ4v) is 4.55. The Kier molecular flexibility index (Phi) is 6.54. The summed E-state index contributed by atoms with van der Waals surface area (Å²) in [5.74, 6) is -0.484. The summed E-state index contributed by atoms with van der Waals surface area (Å²) in [6.45, 7) is 2.79. The van der Waals surface area contributed by atoms with Crippen LogP contribution in [0.5, 0.6) is 0 Å². The molecule has 5 nitrogen and oxygen atoms in total. The van der Waals surface area contributed by atoms with Crippen molar-refractivity contribution in [3.63, 3.8) is 0 Å². The minimum Gasteiger partial charge on any atom is -0.316 e. The van der Waals surface area contributed by atoms with Crippen molar-refractivity contribution in [3.8, 4) is 0 Å². The van der Waals surface area contributed by atoms with E-state index >= 15 is 0 Å². The summed E-state index contributed by atoms with van der Waals surface area (Å²) in [5, 5.41) is 3.00. The summed E-state index contributed by atoms with van der Waals surface area (Å²) in [5.41, 5.74) is 2.17. The van der Waals surface area contributed by atoms with Crippen LogP contribution in [0.15, 0.2) is 54.6 Å². The Bertz CT molecular complexity index is 804. The Balaban J connectivity index is 0.00000243. The third-order valence-corrected chi connectivity index (χ3v) is 5.81. The number of rotatable bonds is 5. The summed E-state index contributed by atoms with van der Waals surface area (Å²) in [7, 11) is -1.57. The molecule has 1 heterocycles. The number of aryl methyl sites for hydroxylation is 1. The summed E-state index contributed by atoms with van der Waals surface area (Å²) < 4.78 is 39.2. The first-order chi connectivity index (χ1) is 12.0. The molecule has 0 aromatic heterocycles. The van der Waals surface area contributed by atoms with E-state index in [2.05, 4.69) is 5.32 Å². The maximum atomic E-state index is 14.5. The highest BCUT2D eigenvalue weighted by Gasteiger charge is 2.41. The zero-order chi connectivity index (χ0) is 18.0. The first kappa shape index (κ1) is 20.5. The second kappa shape index (κ2) is 8.28. The monoisotopic (exact) mass is 399 g/mol. The number of halogens is 2. The maximum Gasteiger partial charge on any atom is 0.148 e. The number of fused-ring (bicyclic) bond motifs is 1. The van der Waals surface area contributed by atoms with Gasteiger partial charge in [-0.3, -0.25) is 9.11 Å². The van der Waals surface area contributed by atoms with Crippen molar-refractivity contribution >= 4 is 40.4 Å². The van der Waals surface area contributed by atoms with E-state index < -0.39 is 16.8 Å². The van der Waals surface area contributed by atoms with E-state index in [4.69, 9.17) is 0 Å². The van der Waals surface area contributed by atoms with Gasteiger partial charge in [0, 0.05) is 6.54 Å². The fourth-order valence-electron chi connectivity index (χ4n) is 2.82. The standard InChI is InChI=1S/C18H22FN3O2S.ClH/c1-14-9-10-16(15(19)13-14)22-18-8-4-3-7-17(18)21(25(22,23)24)12-6-5-11-20-2;/h3-10,13,20,23-24H,11-12H2,1-2H3;1H/b6-5-;. The molecular weight excluding hydrogens is 377 g/mol. The van der Waals surface area contributed by atoms with Crippen molar-refractivity contribution in [2.45, 2.75) is 6.92 Å². The number of anilines is 3. The van der Waals surface area contributed by atoms with E-state index in [9.17, 15) is 13.5 Å². The minimum absolute atomic E-state index is 0. The molecule has 3 N–H and O–H groups in total. The lowest BCUT2D eigenvalue weighted by molar-refractivity contribution is 0.485. The van der Waals surface area contributed by atoms with Crippen molar-refractivity contribution in [1.29, 1.82) is 0 Å². The van der Waals surface area contributed by atoms with Crippen LogP contribution in [0.2, 0.25) is 0 Å².